The van der Waals surface area contributed by atoms with Crippen molar-refractivity contribution < 1.29 is 9.59 Å². The quantitative estimate of drug-likeness (QED) is 0.0874. The number of carbonyl (C=O) groups is 2. The molecule has 0 amide bonds. The van der Waals surface area contributed by atoms with E-state index in [9.17, 15) is 9.59 Å². The molecule has 0 saturated heterocycles. The van der Waals surface area contributed by atoms with Crippen molar-refractivity contribution in [2.24, 2.45) is 53.3 Å². The Balaban J connectivity index is 1.45. The van der Waals surface area contributed by atoms with Gasteiger partial charge in [-0.25, -0.2) is 0 Å². The number of ketones is 2. The second kappa shape index (κ2) is 24.1. The molecule has 1 fully saturated rings. The van der Waals surface area contributed by atoms with E-state index in [-0.39, 0.29) is 23.4 Å². The molecule has 0 spiro atoms. The van der Waals surface area contributed by atoms with Crippen molar-refractivity contribution in [2.75, 3.05) is 0 Å². The van der Waals surface area contributed by atoms with Crippen LogP contribution < -0.4 is 0 Å². The highest BCUT2D eigenvalue weighted by atomic mass is 16.1. The van der Waals surface area contributed by atoms with Gasteiger partial charge in [-0.3, -0.25) is 9.59 Å². The molecule has 2 heteroatoms. The third-order valence-corrected chi connectivity index (χ3v) is 12.5. The van der Waals surface area contributed by atoms with Gasteiger partial charge in [0.05, 0.1) is 0 Å². The molecule has 8 atom stereocenters. The number of rotatable bonds is 27. The van der Waals surface area contributed by atoms with Crippen LogP contribution in [0, 0.1) is 53.3 Å². The molecular weight excluding hydrogens is 585 g/mol. The van der Waals surface area contributed by atoms with Gasteiger partial charge in [0.15, 0.2) is 11.6 Å². The molecule has 278 valence electrons. The highest BCUT2D eigenvalue weighted by Crippen LogP contribution is 2.38. The maximum Gasteiger partial charge on any atom is 0.167 e. The predicted molar refractivity (Wildman–Crippen MR) is 210 cm³/mol. The van der Waals surface area contributed by atoms with Crippen molar-refractivity contribution in [2.45, 2.75) is 204 Å². The summed E-state index contributed by atoms with van der Waals surface area (Å²) in [4.78, 5) is 26.0. The summed E-state index contributed by atoms with van der Waals surface area (Å²) in [5.74, 6) is 6.03. The van der Waals surface area contributed by atoms with Gasteiger partial charge in [-0.2, -0.15) is 0 Å². The number of Topliss-reactive ketones (excluding diaryl/α,β-unsaturated/α-hetero) is 2. The van der Waals surface area contributed by atoms with Crippen LogP contribution in [0.25, 0.3) is 0 Å². The van der Waals surface area contributed by atoms with E-state index in [0.717, 1.165) is 66.8 Å². The smallest absolute Gasteiger partial charge is 0.167 e. The summed E-state index contributed by atoms with van der Waals surface area (Å²) in [5.41, 5.74) is 1.44. The number of fused-ring (bicyclic) bond motifs is 1. The van der Waals surface area contributed by atoms with Crippen LogP contribution in [0.4, 0.5) is 0 Å². The maximum atomic E-state index is 13.1. The highest BCUT2D eigenvalue weighted by Gasteiger charge is 2.41. The van der Waals surface area contributed by atoms with E-state index < -0.39 is 0 Å². The highest BCUT2D eigenvalue weighted by molar-refractivity contribution is 6.19. The Morgan fingerprint density at radius 3 is 1.08 bits per heavy atom. The van der Waals surface area contributed by atoms with Crippen LogP contribution in [-0.4, -0.2) is 11.6 Å². The zero-order valence-corrected chi connectivity index (χ0v) is 33.7. The minimum absolute atomic E-state index is 0.114. The summed E-state index contributed by atoms with van der Waals surface area (Å²) in [6.45, 7) is 21.4. The van der Waals surface area contributed by atoms with E-state index in [1.54, 1.807) is 0 Å². The average Bonchev–Trinajstić information content (AvgIpc) is 3.03. The maximum absolute atomic E-state index is 13.1. The van der Waals surface area contributed by atoms with Gasteiger partial charge in [0.2, 0.25) is 0 Å². The first-order chi connectivity index (χ1) is 22.9. The molecule has 2 aliphatic carbocycles. The lowest BCUT2D eigenvalue weighted by molar-refractivity contribution is -0.130. The third kappa shape index (κ3) is 17.2. The molecule has 0 N–H and O–H groups in total. The lowest BCUT2D eigenvalue weighted by Gasteiger charge is -2.32. The lowest BCUT2D eigenvalue weighted by atomic mass is 9.69. The standard InChI is InChI=1S/C46H82O2/c1-34(2)18-12-19-35(3)20-13-21-36(4)22-14-23-37(5)24-15-25-38(6)26-16-27-39(7)28-17-29-40(8)32-33-42-41(9)45(47)43-30-10-11-31-44(43)46(42)48/h30-31,34-42H,10-29,32-33H2,1-9H3. The van der Waals surface area contributed by atoms with Gasteiger partial charge in [0.25, 0.3) is 0 Å². The van der Waals surface area contributed by atoms with Gasteiger partial charge in [0.1, 0.15) is 0 Å². The second-order valence-corrected chi connectivity index (χ2v) is 18.1. The number of carbonyl (C=O) groups excluding carboxylic acids is 2. The monoisotopic (exact) mass is 667 g/mol. The molecule has 2 rings (SSSR count). The minimum Gasteiger partial charge on any atom is -0.294 e. The van der Waals surface area contributed by atoms with E-state index in [1.165, 1.54) is 116 Å². The third-order valence-electron chi connectivity index (χ3n) is 12.5. The van der Waals surface area contributed by atoms with Crippen molar-refractivity contribution in [1.82, 2.24) is 0 Å². The largest absolute Gasteiger partial charge is 0.294 e. The van der Waals surface area contributed by atoms with E-state index in [0.29, 0.717) is 11.5 Å². The van der Waals surface area contributed by atoms with Gasteiger partial charge in [-0.05, 0) is 67.1 Å². The summed E-state index contributed by atoms with van der Waals surface area (Å²) in [7, 11) is 0. The van der Waals surface area contributed by atoms with E-state index >= 15 is 0 Å². The summed E-state index contributed by atoms with van der Waals surface area (Å²) in [6.07, 6.45) is 32.8. The first kappa shape index (κ1) is 43.0. The Morgan fingerprint density at radius 1 is 0.458 bits per heavy atom. The molecule has 0 bridgehead atoms. The Bertz CT molecular complexity index is 955. The number of hydrogen-bond donors (Lipinski definition) is 0. The van der Waals surface area contributed by atoms with Gasteiger partial charge < -0.3 is 0 Å². The molecule has 0 aliphatic heterocycles. The SMILES string of the molecule is CC(C)CCCC(C)CCCC(C)CCCC(C)CCCC(C)CCCC(C)CCCC(C)CCC1C(=O)C2=CCCC=C2C(=O)C1C. The predicted octanol–water partition coefficient (Wildman–Crippen LogP) is 14.3. The molecule has 8 unspecified atom stereocenters. The van der Waals surface area contributed by atoms with Gasteiger partial charge >= 0.3 is 0 Å². The fourth-order valence-corrected chi connectivity index (χ4v) is 8.66. The fourth-order valence-electron chi connectivity index (χ4n) is 8.66. The molecule has 0 aromatic rings. The molecule has 2 nitrogen and oxygen atoms in total. The van der Waals surface area contributed by atoms with Crippen LogP contribution in [0.1, 0.15) is 204 Å². The molecule has 0 heterocycles. The zero-order valence-electron chi connectivity index (χ0n) is 33.7. The van der Waals surface area contributed by atoms with Gasteiger partial charge in [0, 0.05) is 23.0 Å². The van der Waals surface area contributed by atoms with Crippen LogP contribution >= 0.6 is 0 Å². The van der Waals surface area contributed by atoms with E-state index in [2.05, 4.69) is 55.4 Å². The second-order valence-electron chi connectivity index (χ2n) is 18.1. The fraction of sp³-hybridized carbons (Fsp3) is 0.870. The summed E-state index contributed by atoms with van der Waals surface area (Å²) < 4.78 is 0. The van der Waals surface area contributed by atoms with E-state index in [4.69, 9.17) is 0 Å². The molecule has 0 aromatic carbocycles. The van der Waals surface area contributed by atoms with Gasteiger partial charge in [-0.1, -0.05) is 190 Å². The number of hydrogen-bond acceptors (Lipinski definition) is 2. The van der Waals surface area contributed by atoms with Gasteiger partial charge in [-0.15, -0.1) is 0 Å². The van der Waals surface area contributed by atoms with E-state index in [1.807, 2.05) is 19.1 Å². The molecule has 1 saturated carbocycles. The summed E-state index contributed by atoms with van der Waals surface area (Å²) in [6, 6.07) is 0. The first-order valence-electron chi connectivity index (χ1n) is 21.4. The van der Waals surface area contributed by atoms with Crippen molar-refractivity contribution in [3.05, 3.63) is 23.3 Å². The Kier molecular flexibility index (Phi) is 21.6. The summed E-state index contributed by atoms with van der Waals surface area (Å²) in [5, 5.41) is 0. The van der Waals surface area contributed by atoms with Crippen LogP contribution in [0.3, 0.4) is 0 Å². The molecule has 48 heavy (non-hydrogen) atoms. The van der Waals surface area contributed by atoms with Crippen LogP contribution in [-0.2, 0) is 9.59 Å². The van der Waals surface area contributed by atoms with Crippen LogP contribution in [0.5, 0.6) is 0 Å². The Morgan fingerprint density at radius 2 is 0.750 bits per heavy atom. The normalized spacial score (nSPS) is 22.1. The van der Waals surface area contributed by atoms with Crippen LogP contribution in [0.2, 0.25) is 0 Å². The topological polar surface area (TPSA) is 34.1 Å². The van der Waals surface area contributed by atoms with Crippen molar-refractivity contribution >= 4 is 11.6 Å². The van der Waals surface area contributed by atoms with Crippen molar-refractivity contribution in [3.8, 4) is 0 Å². The Hall–Kier alpha value is -1.18. The average molecular weight is 667 g/mol. The number of allylic oxidation sites excluding steroid dienone is 4. The van der Waals surface area contributed by atoms with Crippen LogP contribution in [0.15, 0.2) is 23.3 Å². The molecule has 2 aliphatic rings. The minimum atomic E-state index is -0.159. The lowest BCUT2D eigenvalue weighted by Crippen LogP contribution is -2.37. The Labute approximate surface area is 300 Å². The molecule has 0 radical (unpaired) electrons. The first-order valence-corrected chi connectivity index (χ1v) is 21.4. The zero-order chi connectivity index (χ0) is 35.5. The van der Waals surface area contributed by atoms with Crippen molar-refractivity contribution in [3.63, 3.8) is 0 Å². The molecular formula is C46H82O2. The van der Waals surface area contributed by atoms with Crippen molar-refractivity contribution in [1.29, 1.82) is 0 Å². The summed E-state index contributed by atoms with van der Waals surface area (Å²) >= 11 is 0. The molecule has 0 aromatic heterocycles.